The standard InChI is InChI=1S/C34H37BrN2O5/c35-27-13-9-25(10-14-27)31-34(21-4-8-24-6-2-1-3-7-24,33(40)36-28-15-17-29(39)18-16-28)37-32(42-31)26-11-19-30(20-12-26)41-23-5-22-38/h1-4,6-14,19-20,28-29,31,38-39H,5,15-18,21-23H2,(H,36,40)/b8-4+/t28?,29?,31-,34-/m1/s1. The van der Waals surface area contributed by atoms with E-state index >= 15 is 0 Å². The van der Waals surface area contributed by atoms with E-state index < -0.39 is 11.6 Å². The number of aliphatic imine (C=N–C) groups is 1. The fourth-order valence-corrected chi connectivity index (χ4v) is 5.69. The van der Waals surface area contributed by atoms with Crippen LogP contribution in [-0.2, 0) is 9.53 Å². The number of amides is 1. The number of aliphatic hydroxyl groups excluding tert-OH is 2. The van der Waals surface area contributed by atoms with Crippen LogP contribution in [-0.4, -0.2) is 52.9 Å². The number of nitrogens with zero attached hydrogens (tertiary/aromatic N) is 1. The van der Waals surface area contributed by atoms with Gasteiger partial charge in [-0.3, -0.25) is 4.79 Å². The molecule has 1 saturated carbocycles. The summed E-state index contributed by atoms with van der Waals surface area (Å²) in [5, 5.41) is 22.3. The predicted molar refractivity (Wildman–Crippen MR) is 167 cm³/mol. The van der Waals surface area contributed by atoms with Crippen molar-refractivity contribution in [3.63, 3.8) is 0 Å². The van der Waals surface area contributed by atoms with Crippen LogP contribution in [0.1, 0.15) is 61.3 Å². The molecule has 0 saturated heterocycles. The Bertz CT molecular complexity index is 1370. The molecule has 7 nitrogen and oxygen atoms in total. The van der Waals surface area contributed by atoms with Crippen molar-refractivity contribution in [1.29, 1.82) is 0 Å². The van der Waals surface area contributed by atoms with Crippen LogP contribution in [0, 0.1) is 0 Å². The zero-order valence-corrected chi connectivity index (χ0v) is 25.1. The maximum Gasteiger partial charge on any atom is 0.252 e. The number of carbonyl (C=O) groups excluding carboxylic acids is 1. The van der Waals surface area contributed by atoms with Gasteiger partial charge in [-0.2, -0.15) is 0 Å². The van der Waals surface area contributed by atoms with Gasteiger partial charge in [-0.25, -0.2) is 4.99 Å². The lowest BCUT2D eigenvalue weighted by Crippen LogP contribution is -2.52. The highest BCUT2D eigenvalue weighted by Gasteiger charge is 2.53. The number of hydrogen-bond acceptors (Lipinski definition) is 6. The van der Waals surface area contributed by atoms with Crippen molar-refractivity contribution in [2.75, 3.05) is 13.2 Å². The number of halogens is 1. The van der Waals surface area contributed by atoms with Gasteiger partial charge in [0.2, 0.25) is 5.90 Å². The smallest absolute Gasteiger partial charge is 0.252 e. The zero-order chi connectivity index (χ0) is 29.4. The monoisotopic (exact) mass is 632 g/mol. The van der Waals surface area contributed by atoms with Crippen molar-refractivity contribution < 1.29 is 24.5 Å². The number of ether oxygens (including phenoxy) is 2. The lowest BCUT2D eigenvalue weighted by molar-refractivity contribution is -0.130. The molecule has 1 fully saturated rings. The molecule has 220 valence electrons. The summed E-state index contributed by atoms with van der Waals surface area (Å²) in [6.45, 7) is 0.499. The largest absolute Gasteiger partial charge is 0.494 e. The molecule has 0 unspecified atom stereocenters. The second-order valence-electron chi connectivity index (χ2n) is 10.8. The third-order valence-electron chi connectivity index (χ3n) is 7.77. The van der Waals surface area contributed by atoms with Gasteiger partial charge in [0.15, 0.2) is 11.6 Å². The summed E-state index contributed by atoms with van der Waals surface area (Å²) in [6.07, 6.45) is 6.70. The van der Waals surface area contributed by atoms with E-state index in [-0.39, 0.29) is 24.7 Å². The molecule has 3 aromatic carbocycles. The minimum absolute atomic E-state index is 0.0314. The van der Waals surface area contributed by atoms with Gasteiger partial charge in [-0.1, -0.05) is 70.5 Å². The van der Waals surface area contributed by atoms with E-state index in [2.05, 4.69) is 21.2 Å². The van der Waals surface area contributed by atoms with Crippen LogP contribution in [0.2, 0.25) is 0 Å². The van der Waals surface area contributed by atoms with Gasteiger partial charge in [0, 0.05) is 35.5 Å². The summed E-state index contributed by atoms with van der Waals surface area (Å²) >= 11 is 3.52. The van der Waals surface area contributed by atoms with E-state index in [0.29, 0.717) is 43.9 Å². The highest BCUT2D eigenvalue weighted by Crippen LogP contribution is 2.43. The molecule has 3 N–H and O–H groups in total. The molecule has 2 aliphatic rings. The van der Waals surface area contributed by atoms with Crippen molar-refractivity contribution in [3.05, 3.63) is 106 Å². The third kappa shape index (κ3) is 7.30. The van der Waals surface area contributed by atoms with Gasteiger partial charge in [-0.15, -0.1) is 0 Å². The summed E-state index contributed by atoms with van der Waals surface area (Å²) in [7, 11) is 0. The van der Waals surface area contributed by atoms with Crippen LogP contribution in [0.25, 0.3) is 6.08 Å². The lowest BCUT2D eigenvalue weighted by atomic mass is 9.83. The molecule has 5 rings (SSSR count). The van der Waals surface area contributed by atoms with E-state index in [1.165, 1.54) is 0 Å². The minimum Gasteiger partial charge on any atom is -0.494 e. The first kappa shape index (κ1) is 30.0. The third-order valence-corrected chi connectivity index (χ3v) is 8.30. The summed E-state index contributed by atoms with van der Waals surface area (Å²) < 4.78 is 13.2. The zero-order valence-electron chi connectivity index (χ0n) is 23.5. The van der Waals surface area contributed by atoms with E-state index in [1.54, 1.807) is 0 Å². The first-order chi connectivity index (χ1) is 20.5. The number of carbonyl (C=O) groups is 1. The van der Waals surface area contributed by atoms with Crippen molar-refractivity contribution in [1.82, 2.24) is 5.32 Å². The average molecular weight is 634 g/mol. The fourth-order valence-electron chi connectivity index (χ4n) is 5.42. The Morgan fingerprint density at radius 1 is 1.02 bits per heavy atom. The summed E-state index contributed by atoms with van der Waals surface area (Å²) in [5.74, 6) is 0.894. The molecule has 1 aliphatic heterocycles. The van der Waals surface area contributed by atoms with Gasteiger partial charge < -0.3 is 25.0 Å². The molecule has 1 heterocycles. The number of rotatable bonds is 11. The highest BCUT2D eigenvalue weighted by atomic mass is 79.9. The van der Waals surface area contributed by atoms with Gasteiger partial charge in [0.1, 0.15) is 5.75 Å². The van der Waals surface area contributed by atoms with Crippen LogP contribution in [0.5, 0.6) is 5.75 Å². The molecule has 0 spiro atoms. The first-order valence-electron chi connectivity index (χ1n) is 14.5. The molecule has 0 bridgehead atoms. The SMILES string of the molecule is O=C(NC1CCC(O)CC1)[C@]1(C/C=C/c2ccccc2)N=C(c2ccc(OCCCO)cc2)O[C@@H]1c1ccc(Br)cc1. The van der Waals surface area contributed by atoms with Crippen LogP contribution in [0.4, 0.5) is 0 Å². The summed E-state index contributed by atoms with van der Waals surface area (Å²) in [6, 6.07) is 25.2. The second kappa shape index (κ2) is 14.1. The Morgan fingerprint density at radius 3 is 2.43 bits per heavy atom. The Hall–Kier alpha value is -3.46. The van der Waals surface area contributed by atoms with Gasteiger partial charge >= 0.3 is 0 Å². The van der Waals surface area contributed by atoms with E-state index in [0.717, 1.165) is 34.0 Å². The summed E-state index contributed by atoms with van der Waals surface area (Å²) in [5.41, 5.74) is 1.38. The molecule has 0 aromatic heterocycles. The van der Waals surface area contributed by atoms with E-state index in [9.17, 15) is 9.90 Å². The Morgan fingerprint density at radius 2 is 1.74 bits per heavy atom. The molecule has 42 heavy (non-hydrogen) atoms. The van der Waals surface area contributed by atoms with Gasteiger partial charge in [0.05, 0.1) is 12.7 Å². The van der Waals surface area contributed by atoms with Crippen LogP contribution < -0.4 is 10.1 Å². The van der Waals surface area contributed by atoms with Crippen LogP contribution in [0.3, 0.4) is 0 Å². The Kier molecular flexibility index (Phi) is 10.1. The van der Waals surface area contributed by atoms with Crippen LogP contribution >= 0.6 is 15.9 Å². The minimum atomic E-state index is -1.25. The van der Waals surface area contributed by atoms with Gasteiger partial charge in [0.25, 0.3) is 5.91 Å². The Balaban J connectivity index is 1.51. The number of hydrogen-bond donors (Lipinski definition) is 3. The molecule has 1 amide bonds. The van der Waals surface area contributed by atoms with E-state index in [4.69, 9.17) is 19.6 Å². The molecular weight excluding hydrogens is 596 g/mol. The average Bonchev–Trinajstić information content (AvgIpc) is 3.40. The fraction of sp³-hybridized carbons (Fsp3) is 0.353. The van der Waals surface area contributed by atoms with E-state index in [1.807, 2.05) is 91.0 Å². The van der Waals surface area contributed by atoms with Crippen molar-refractivity contribution >= 4 is 33.8 Å². The quantitative estimate of drug-likeness (QED) is 0.225. The molecular formula is C34H37BrN2O5. The lowest BCUT2D eigenvalue weighted by Gasteiger charge is -2.33. The van der Waals surface area contributed by atoms with Crippen molar-refractivity contribution in [2.45, 2.75) is 62.3 Å². The molecule has 3 aromatic rings. The predicted octanol–water partition coefficient (Wildman–Crippen LogP) is 5.99. The second-order valence-corrected chi connectivity index (χ2v) is 11.8. The topological polar surface area (TPSA) is 100 Å². The molecule has 2 atom stereocenters. The number of aliphatic hydroxyl groups is 2. The Labute approximate surface area is 255 Å². The maximum absolute atomic E-state index is 14.3. The van der Waals surface area contributed by atoms with Crippen LogP contribution in [0.15, 0.2) is 94.4 Å². The van der Waals surface area contributed by atoms with Crippen molar-refractivity contribution in [2.24, 2.45) is 4.99 Å². The number of nitrogens with one attached hydrogen (secondary N) is 1. The highest BCUT2D eigenvalue weighted by molar-refractivity contribution is 9.10. The summed E-state index contributed by atoms with van der Waals surface area (Å²) in [4.78, 5) is 19.4. The first-order valence-corrected chi connectivity index (χ1v) is 15.3. The normalized spacial score (nSPS) is 23.8. The maximum atomic E-state index is 14.3. The van der Waals surface area contributed by atoms with Gasteiger partial charge in [-0.05, 0) is 73.2 Å². The molecule has 1 aliphatic carbocycles. The number of benzene rings is 3. The molecule has 8 heteroatoms. The van der Waals surface area contributed by atoms with Crippen molar-refractivity contribution in [3.8, 4) is 5.75 Å². The molecule has 0 radical (unpaired) electrons.